The Morgan fingerprint density at radius 1 is 1.38 bits per heavy atom. The Balaban J connectivity index is 2.20. The first-order chi connectivity index (χ1) is 10.0. The van der Waals surface area contributed by atoms with Gasteiger partial charge in [-0.15, -0.1) is 0 Å². The fraction of sp³-hybridized carbons (Fsp3) is 0.333. The second kappa shape index (κ2) is 6.63. The standard InChI is InChI=1S/C15H17ClN2O3/c1-3-11-8-12(18(4-2)17-11)9-21-14-6-5-10(16)7-13(14)15(19)20/h5-8H,3-4,9H2,1-2H3,(H,19,20). The van der Waals surface area contributed by atoms with Gasteiger partial charge in [0.2, 0.25) is 0 Å². The van der Waals surface area contributed by atoms with Crippen LogP contribution in [0.5, 0.6) is 5.75 Å². The summed E-state index contributed by atoms with van der Waals surface area (Å²) < 4.78 is 7.50. The molecule has 0 saturated carbocycles. The minimum Gasteiger partial charge on any atom is -0.486 e. The van der Waals surface area contributed by atoms with Crippen LogP contribution in [0.15, 0.2) is 24.3 Å². The molecule has 1 aromatic carbocycles. The molecule has 1 aromatic heterocycles. The Morgan fingerprint density at radius 3 is 2.76 bits per heavy atom. The minimum absolute atomic E-state index is 0.0563. The fourth-order valence-corrected chi connectivity index (χ4v) is 2.20. The van der Waals surface area contributed by atoms with Crippen LogP contribution in [0.1, 0.15) is 35.6 Å². The maximum atomic E-state index is 11.2. The molecule has 0 atom stereocenters. The van der Waals surface area contributed by atoms with Crippen molar-refractivity contribution in [2.45, 2.75) is 33.4 Å². The van der Waals surface area contributed by atoms with E-state index < -0.39 is 5.97 Å². The lowest BCUT2D eigenvalue weighted by atomic mass is 10.2. The van der Waals surface area contributed by atoms with Crippen LogP contribution < -0.4 is 4.74 Å². The Labute approximate surface area is 128 Å². The van der Waals surface area contributed by atoms with Crippen molar-refractivity contribution in [2.75, 3.05) is 0 Å². The van der Waals surface area contributed by atoms with E-state index in [1.54, 1.807) is 12.1 Å². The number of rotatable bonds is 6. The zero-order valence-corrected chi connectivity index (χ0v) is 12.7. The molecule has 0 aliphatic heterocycles. The normalized spacial score (nSPS) is 10.6. The summed E-state index contributed by atoms with van der Waals surface area (Å²) in [6.07, 6.45) is 0.849. The number of benzene rings is 1. The van der Waals surface area contributed by atoms with Crippen LogP contribution in [0.3, 0.4) is 0 Å². The molecule has 0 saturated heterocycles. The number of ether oxygens (including phenoxy) is 1. The number of nitrogens with zero attached hydrogens (tertiary/aromatic N) is 2. The molecule has 0 aliphatic carbocycles. The molecule has 0 radical (unpaired) electrons. The van der Waals surface area contributed by atoms with Gasteiger partial charge in [-0.05, 0) is 37.6 Å². The van der Waals surface area contributed by atoms with E-state index in [9.17, 15) is 9.90 Å². The third-order valence-corrected chi connectivity index (χ3v) is 3.36. The van der Waals surface area contributed by atoms with Gasteiger partial charge < -0.3 is 9.84 Å². The predicted molar refractivity (Wildman–Crippen MR) is 80.0 cm³/mol. The zero-order valence-electron chi connectivity index (χ0n) is 12.0. The van der Waals surface area contributed by atoms with Gasteiger partial charge >= 0.3 is 5.97 Å². The number of carboxylic acids is 1. The predicted octanol–water partition coefficient (Wildman–Crippen LogP) is 3.40. The molecule has 0 aliphatic rings. The van der Waals surface area contributed by atoms with E-state index >= 15 is 0 Å². The molecule has 21 heavy (non-hydrogen) atoms. The van der Waals surface area contributed by atoms with Crippen LogP contribution in [-0.4, -0.2) is 20.9 Å². The average Bonchev–Trinajstić information content (AvgIpc) is 2.88. The Bertz CT molecular complexity index is 652. The van der Waals surface area contributed by atoms with Crippen LogP contribution in [0.25, 0.3) is 0 Å². The first-order valence-corrected chi connectivity index (χ1v) is 7.14. The summed E-state index contributed by atoms with van der Waals surface area (Å²) in [6.45, 7) is 5.05. The number of hydrogen-bond donors (Lipinski definition) is 1. The summed E-state index contributed by atoms with van der Waals surface area (Å²) in [4.78, 5) is 11.2. The summed E-state index contributed by atoms with van der Waals surface area (Å²) in [6, 6.07) is 6.53. The van der Waals surface area contributed by atoms with E-state index in [2.05, 4.69) is 5.10 Å². The highest BCUT2D eigenvalue weighted by Crippen LogP contribution is 2.24. The largest absolute Gasteiger partial charge is 0.486 e. The van der Waals surface area contributed by atoms with Crippen molar-refractivity contribution in [3.63, 3.8) is 0 Å². The average molecular weight is 309 g/mol. The van der Waals surface area contributed by atoms with Crippen LogP contribution in [0.4, 0.5) is 0 Å². The van der Waals surface area contributed by atoms with Gasteiger partial charge in [-0.1, -0.05) is 18.5 Å². The maximum Gasteiger partial charge on any atom is 0.339 e. The summed E-state index contributed by atoms with van der Waals surface area (Å²) in [5.41, 5.74) is 1.96. The van der Waals surface area contributed by atoms with E-state index in [0.717, 1.165) is 24.4 Å². The van der Waals surface area contributed by atoms with Crippen molar-refractivity contribution in [1.82, 2.24) is 9.78 Å². The van der Waals surface area contributed by atoms with Gasteiger partial charge in [0.25, 0.3) is 0 Å². The number of aromatic carboxylic acids is 1. The maximum absolute atomic E-state index is 11.2. The van der Waals surface area contributed by atoms with Gasteiger partial charge in [-0.2, -0.15) is 5.10 Å². The lowest BCUT2D eigenvalue weighted by Gasteiger charge is -2.10. The third-order valence-electron chi connectivity index (χ3n) is 3.12. The van der Waals surface area contributed by atoms with E-state index in [1.807, 2.05) is 24.6 Å². The molecule has 1 heterocycles. The summed E-state index contributed by atoms with van der Waals surface area (Å²) in [5.74, 6) is -0.764. The number of aromatic nitrogens is 2. The van der Waals surface area contributed by atoms with Crippen molar-refractivity contribution in [3.8, 4) is 5.75 Å². The van der Waals surface area contributed by atoms with Crippen LogP contribution in [0, 0.1) is 0 Å². The van der Waals surface area contributed by atoms with Crippen LogP contribution in [0.2, 0.25) is 5.02 Å². The Kier molecular flexibility index (Phi) is 4.85. The molecule has 5 nitrogen and oxygen atoms in total. The smallest absolute Gasteiger partial charge is 0.339 e. The highest BCUT2D eigenvalue weighted by molar-refractivity contribution is 6.31. The van der Waals surface area contributed by atoms with Gasteiger partial charge in [-0.25, -0.2) is 4.79 Å². The highest BCUT2D eigenvalue weighted by Gasteiger charge is 2.13. The second-order valence-electron chi connectivity index (χ2n) is 4.53. The topological polar surface area (TPSA) is 64.3 Å². The molecule has 112 valence electrons. The molecule has 0 spiro atoms. The molecule has 1 N–H and O–H groups in total. The summed E-state index contributed by atoms with van der Waals surface area (Å²) in [7, 11) is 0. The van der Waals surface area contributed by atoms with E-state index in [0.29, 0.717) is 10.8 Å². The molecule has 2 rings (SSSR count). The van der Waals surface area contributed by atoms with Gasteiger partial charge in [0.05, 0.1) is 11.4 Å². The Morgan fingerprint density at radius 2 is 2.14 bits per heavy atom. The molecular formula is C15H17ClN2O3. The van der Waals surface area contributed by atoms with Gasteiger partial charge in [-0.3, -0.25) is 4.68 Å². The van der Waals surface area contributed by atoms with Crippen molar-refractivity contribution >= 4 is 17.6 Å². The minimum atomic E-state index is -1.06. The molecule has 2 aromatic rings. The summed E-state index contributed by atoms with van der Waals surface area (Å²) in [5, 5.41) is 14.0. The molecule has 0 unspecified atom stereocenters. The zero-order chi connectivity index (χ0) is 15.4. The van der Waals surface area contributed by atoms with Gasteiger partial charge in [0, 0.05) is 11.6 Å². The molecular weight excluding hydrogens is 292 g/mol. The first-order valence-electron chi connectivity index (χ1n) is 6.76. The van der Waals surface area contributed by atoms with E-state index in [4.69, 9.17) is 16.3 Å². The molecule has 0 fully saturated rings. The molecule has 0 bridgehead atoms. The fourth-order valence-electron chi connectivity index (χ4n) is 2.02. The lowest BCUT2D eigenvalue weighted by molar-refractivity contribution is 0.0691. The molecule has 0 amide bonds. The van der Waals surface area contributed by atoms with Gasteiger partial charge in [0.1, 0.15) is 17.9 Å². The van der Waals surface area contributed by atoms with Crippen LogP contribution >= 0.6 is 11.6 Å². The number of hydrogen-bond acceptors (Lipinski definition) is 3. The quantitative estimate of drug-likeness (QED) is 0.888. The monoisotopic (exact) mass is 308 g/mol. The van der Waals surface area contributed by atoms with Crippen molar-refractivity contribution in [1.29, 1.82) is 0 Å². The van der Waals surface area contributed by atoms with Gasteiger partial charge in [0.15, 0.2) is 0 Å². The summed E-state index contributed by atoms with van der Waals surface area (Å²) >= 11 is 5.81. The second-order valence-corrected chi connectivity index (χ2v) is 4.97. The van der Waals surface area contributed by atoms with E-state index in [1.165, 1.54) is 6.07 Å². The van der Waals surface area contributed by atoms with E-state index in [-0.39, 0.29) is 12.2 Å². The highest BCUT2D eigenvalue weighted by atomic mass is 35.5. The third kappa shape index (κ3) is 3.55. The van der Waals surface area contributed by atoms with Crippen molar-refractivity contribution in [2.24, 2.45) is 0 Å². The molecule has 6 heteroatoms. The number of halogens is 1. The van der Waals surface area contributed by atoms with Crippen molar-refractivity contribution < 1.29 is 14.6 Å². The Hall–Kier alpha value is -2.01. The first kappa shape index (κ1) is 15.4. The number of aryl methyl sites for hydroxylation is 2. The SMILES string of the molecule is CCc1cc(COc2ccc(Cl)cc2C(=O)O)n(CC)n1. The number of carboxylic acid groups (broad SMARTS) is 1. The van der Waals surface area contributed by atoms with Crippen LogP contribution in [-0.2, 0) is 19.6 Å². The lowest BCUT2D eigenvalue weighted by Crippen LogP contribution is -2.08. The number of carbonyl (C=O) groups is 1. The van der Waals surface area contributed by atoms with Crippen molar-refractivity contribution in [3.05, 3.63) is 46.2 Å².